The minimum absolute atomic E-state index is 0.0289. The Morgan fingerprint density at radius 3 is 1.36 bits per heavy atom. The van der Waals surface area contributed by atoms with Crippen molar-refractivity contribution in [1.29, 1.82) is 0 Å². The minimum atomic E-state index is -4.53. The van der Waals surface area contributed by atoms with Crippen LogP contribution >= 0.6 is 0 Å². The van der Waals surface area contributed by atoms with E-state index in [9.17, 15) is 92.3 Å². The number of aryl methyl sites for hydroxylation is 2. The lowest BCUT2D eigenvalue weighted by atomic mass is 9.98. The van der Waals surface area contributed by atoms with Crippen molar-refractivity contribution < 1.29 is 94.1 Å². The third kappa shape index (κ3) is 26.3. The highest BCUT2D eigenvalue weighted by molar-refractivity contribution is 6.02. The Balaban J connectivity index is 0.000000147. The lowest BCUT2D eigenvalue weighted by Crippen LogP contribution is -2.27. The fourth-order valence-electron chi connectivity index (χ4n) is 16.3. The lowest BCUT2D eigenvalue weighted by Gasteiger charge is -2.16. The number of hydrogen-bond donors (Lipinski definition) is 9. The highest BCUT2D eigenvalue weighted by Gasteiger charge is 2.35. The second-order valence-corrected chi connectivity index (χ2v) is 34.9. The van der Waals surface area contributed by atoms with Crippen LogP contribution in [0.5, 0.6) is 0 Å². The Labute approximate surface area is 839 Å². The van der Waals surface area contributed by atoms with E-state index in [1.54, 1.807) is 114 Å². The number of alkyl halides is 9. The number of anilines is 1. The van der Waals surface area contributed by atoms with Gasteiger partial charge in [-0.15, -0.1) is 0 Å². The molecule has 18 rings (SSSR count). The van der Waals surface area contributed by atoms with E-state index in [1.165, 1.54) is 129 Å². The number of ketones is 2. The molecule has 30 nitrogen and oxygen atoms in total. The van der Waals surface area contributed by atoms with Gasteiger partial charge in [-0.05, 0) is 250 Å². The topological polar surface area (TPSA) is 418 Å². The number of aliphatic hydroxyl groups is 2. The van der Waals surface area contributed by atoms with E-state index in [4.69, 9.17) is 25.8 Å². The van der Waals surface area contributed by atoms with Crippen molar-refractivity contribution in [2.24, 2.45) is 5.92 Å². The summed E-state index contributed by atoms with van der Waals surface area (Å²) < 4.78 is 127. The maximum atomic E-state index is 13.3. The molecule has 12 aromatic carbocycles. The molecule has 149 heavy (non-hydrogen) atoms. The van der Waals surface area contributed by atoms with Crippen molar-refractivity contribution in [1.82, 2.24) is 64.0 Å². The summed E-state index contributed by atoms with van der Waals surface area (Å²) in [5.41, 5.74) is 11.4. The number of carbonyl (C=O) groups excluding carboxylic acids is 6. The molecule has 0 aliphatic heterocycles. The highest BCUT2D eigenvalue weighted by atomic mass is 19.4. The van der Waals surface area contributed by atoms with Gasteiger partial charge in [-0.3, -0.25) is 82.1 Å². The third-order valence-corrected chi connectivity index (χ3v) is 23.7. The molecule has 4 amide bonds. The predicted molar refractivity (Wildman–Crippen MR) is 538 cm³/mol. The average Bonchev–Trinajstić information content (AvgIpc) is 0.856. The van der Waals surface area contributed by atoms with Crippen molar-refractivity contribution in [2.45, 2.75) is 92.3 Å². The van der Waals surface area contributed by atoms with E-state index in [1.807, 2.05) is 105 Å². The van der Waals surface area contributed by atoms with Gasteiger partial charge in [0.15, 0.2) is 11.6 Å². The molecular formula is C110H91F9N14O16. The zero-order chi connectivity index (χ0) is 107. The quantitative estimate of drug-likeness (QED) is 0.0124. The zero-order valence-electron chi connectivity index (χ0n) is 79.7. The molecule has 0 aliphatic rings. The second kappa shape index (κ2) is 46.4. The molecule has 0 aliphatic carbocycles. The van der Waals surface area contributed by atoms with Crippen LogP contribution in [-0.2, 0) is 62.5 Å². The van der Waals surface area contributed by atoms with Gasteiger partial charge in [-0.2, -0.15) is 44.6 Å². The smallest absolute Gasteiger partial charge is 0.388 e. The van der Waals surface area contributed by atoms with Crippen LogP contribution in [0.2, 0.25) is 0 Å². The molecule has 18 aromatic rings. The largest absolute Gasteiger partial charge is 0.416 e. The van der Waals surface area contributed by atoms with Gasteiger partial charge in [0, 0.05) is 82.4 Å². The van der Waals surface area contributed by atoms with E-state index in [2.05, 4.69) is 25.4 Å². The summed E-state index contributed by atoms with van der Waals surface area (Å²) in [4.78, 5) is 147. The van der Waals surface area contributed by atoms with E-state index in [-0.39, 0.29) is 103 Å². The van der Waals surface area contributed by atoms with Crippen LogP contribution in [0.3, 0.4) is 0 Å². The highest BCUT2D eigenvalue weighted by Crippen LogP contribution is 2.37. The van der Waals surface area contributed by atoms with Gasteiger partial charge in [0.1, 0.15) is 19.0 Å². The lowest BCUT2D eigenvalue weighted by molar-refractivity contribution is -0.138. The fourth-order valence-corrected chi connectivity index (χ4v) is 16.3. The minimum Gasteiger partial charge on any atom is -0.388 e. The number of carbonyl (C=O) groups is 6. The van der Waals surface area contributed by atoms with Crippen LogP contribution in [0.1, 0.15) is 134 Å². The molecule has 0 radical (unpaired) electrons. The molecule has 0 fully saturated rings. The third-order valence-electron chi connectivity index (χ3n) is 23.7. The van der Waals surface area contributed by atoms with Gasteiger partial charge in [0.2, 0.25) is 5.91 Å². The first-order valence-electron chi connectivity index (χ1n) is 45.6. The Hall–Kier alpha value is -17.9. The SMILES string of the molecule is CC(=O)Nc1ccc(-c2cccc(Cn3cnc4ccc(C(=O)CO)cc4c3=O)c2)cc1.CC(C)Cc1nc2cc(C(=O)NO)ccc2c(=O)n1Cc1ccc(C(F)(F)F)cc1.Cc1cc(-c2cccc(Cn3cnc4ccc(C(=O)CO)cc4c3=O)c2)cc(C(F)(F)F)c1.Cc1ccc(Cn2ccc3ccc(C(=O)NO)cc3c2=O)c(C(F)(F)F)c1.O=C(NO)c1ccc2ccn(Cc3cccc(-n4cccn4)c3)c(=O)c2c1. The van der Waals surface area contributed by atoms with Gasteiger partial charge in [0.05, 0.1) is 100 Å². The average molecular weight is 2040 g/mol. The first kappa shape index (κ1) is 107. The number of pyridine rings is 2. The van der Waals surface area contributed by atoms with Crippen LogP contribution < -0.4 is 49.6 Å². The predicted octanol–water partition coefficient (Wildman–Crippen LogP) is 17.5. The number of aliphatic hydroxyl groups excluding tert-OH is 2. The molecule has 6 heterocycles. The summed E-state index contributed by atoms with van der Waals surface area (Å²) >= 11 is 0. The van der Waals surface area contributed by atoms with E-state index in [0.717, 1.165) is 73.9 Å². The van der Waals surface area contributed by atoms with Gasteiger partial charge in [0.25, 0.3) is 45.5 Å². The summed E-state index contributed by atoms with van der Waals surface area (Å²) in [6, 6.07) is 70.1. The number of halogens is 9. The number of Topliss-reactive ketones (excluding diaryl/α,β-unsaturated/α-hetero) is 2. The summed E-state index contributed by atoms with van der Waals surface area (Å²) in [6.07, 6.45) is -3.36. The molecule has 0 atom stereocenters. The van der Waals surface area contributed by atoms with E-state index >= 15 is 0 Å². The number of hydroxylamine groups is 3. The Kier molecular flexibility index (Phi) is 33.3. The molecule has 0 saturated carbocycles. The van der Waals surface area contributed by atoms with Gasteiger partial charge < -0.3 is 24.7 Å². The Bertz CT molecular complexity index is 8480. The normalized spacial score (nSPS) is 11.4. The van der Waals surface area contributed by atoms with Gasteiger partial charge in [-0.1, -0.05) is 123 Å². The first-order chi connectivity index (χ1) is 71.0. The van der Waals surface area contributed by atoms with E-state index < -0.39 is 83.3 Å². The maximum absolute atomic E-state index is 13.3. The zero-order valence-corrected chi connectivity index (χ0v) is 79.7. The molecule has 0 bridgehead atoms. The van der Waals surface area contributed by atoms with E-state index in [0.29, 0.717) is 91.4 Å². The summed E-state index contributed by atoms with van der Waals surface area (Å²) in [5.74, 6) is -2.61. The van der Waals surface area contributed by atoms with Crippen molar-refractivity contribution in [3.8, 4) is 27.9 Å². The van der Waals surface area contributed by atoms with Crippen molar-refractivity contribution in [2.75, 3.05) is 18.5 Å². The monoisotopic (exact) mass is 2030 g/mol. The molecule has 0 unspecified atom stereocenters. The summed E-state index contributed by atoms with van der Waals surface area (Å²) in [6.45, 7) is 7.92. The van der Waals surface area contributed by atoms with Crippen LogP contribution in [0.25, 0.3) is 82.2 Å². The standard InChI is InChI=1S/C25H19F3N2O3.C25H21N3O4.C21H20F3N3O3.C20H16N4O3.C19H15F3N2O3/c1-15-7-19(10-20(8-15)25(26,27)28)17-4-2-3-16(9-17)12-30-14-29-22-6-5-18(23(32)13-31)11-21(22)24(30)33;1-16(30)27-21-8-5-18(6-9-21)19-4-2-3-17(11-19)13-28-15-26-23-10-7-20(24(31)14-29)12-22(23)25(28)32;1-12(2)9-18-25-17-10-14(19(28)26-30)5-8-16(17)20(29)27(18)11-13-3-6-15(7-4-13)21(22,23)24;25-19(22-27)16-6-5-15-7-10-23(20(26)18(15)12-16)13-14-3-1-4-17(11-14)24-9-2-8-21-24;1-11-2-3-14(16(8-11)19(20,21)22)10-24-7-6-12-4-5-13(17(25)23-27)9-15(12)18(24)26/h2-11,14,31H,12-13H2,1H3;2-12,15,29H,13-14H2,1H3,(H,27,30);3-8,10,12,30H,9,11H2,1-2H3,(H,26,28);1-12,27H,13H2,(H,22,25);2-9,27H,10H2,1H3,(H,23,25). The molecule has 0 spiro atoms. The number of fused-ring (bicyclic) bond motifs is 5. The molecular weight excluding hydrogens is 1940 g/mol. The second-order valence-electron chi connectivity index (χ2n) is 34.9. The Morgan fingerprint density at radius 2 is 0.866 bits per heavy atom. The molecule has 39 heteroatoms. The number of aromatic nitrogens is 10. The van der Waals surface area contributed by atoms with Crippen molar-refractivity contribution >= 4 is 95.1 Å². The van der Waals surface area contributed by atoms with Crippen LogP contribution in [-0.4, -0.2) is 122 Å². The Morgan fingerprint density at radius 1 is 0.383 bits per heavy atom. The number of benzene rings is 12. The number of nitrogens with one attached hydrogen (secondary N) is 4. The molecule has 0 saturated heterocycles. The van der Waals surface area contributed by atoms with Crippen LogP contribution in [0.15, 0.2) is 328 Å². The number of rotatable bonds is 23. The number of nitrogens with zero attached hydrogens (tertiary/aromatic N) is 10. The summed E-state index contributed by atoms with van der Waals surface area (Å²) in [7, 11) is 0. The van der Waals surface area contributed by atoms with Gasteiger partial charge >= 0.3 is 18.5 Å². The van der Waals surface area contributed by atoms with Crippen molar-refractivity contribution in [3.05, 3.63) is 445 Å². The number of amides is 4. The van der Waals surface area contributed by atoms with Crippen LogP contribution in [0.4, 0.5) is 45.2 Å². The molecule has 760 valence electrons. The van der Waals surface area contributed by atoms with Crippen LogP contribution in [0, 0.1) is 19.8 Å². The van der Waals surface area contributed by atoms with Gasteiger partial charge in [-0.25, -0.2) is 36.1 Å². The maximum Gasteiger partial charge on any atom is 0.416 e. The number of hydrogen-bond acceptors (Lipinski definition) is 20. The molecule has 9 N–H and O–H groups in total. The fraction of sp³-hybridized carbons (Fsp3) is 0.155. The summed E-state index contributed by atoms with van der Waals surface area (Å²) in [5, 5.41) is 54.1. The van der Waals surface area contributed by atoms with Crippen molar-refractivity contribution in [3.63, 3.8) is 0 Å². The first-order valence-corrected chi connectivity index (χ1v) is 45.6. The molecule has 6 aromatic heterocycles.